The fourth-order valence-corrected chi connectivity index (χ4v) is 6.12. The molecule has 2 aromatic heterocycles. The first kappa shape index (κ1) is 43.1. The Balaban J connectivity index is 1.60. The minimum Gasteiger partial charge on any atom is -0.496 e. The highest BCUT2D eigenvalue weighted by Gasteiger charge is 2.57. The van der Waals surface area contributed by atoms with Crippen LogP contribution in [0.15, 0.2) is 60.9 Å². The van der Waals surface area contributed by atoms with Gasteiger partial charge in [-0.15, -0.1) is 0 Å². The van der Waals surface area contributed by atoms with E-state index < -0.39 is 61.0 Å². The van der Waals surface area contributed by atoms with E-state index in [4.69, 9.17) is 28.4 Å². The van der Waals surface area contributed by atoms with E-state index in [0.29, 0.717) is 16.0 Å². The molecule has 1 fully saturated rings. The summed E-state index contributed by atoms with van der Waals surface area (Å²) in [6, 6.07) is 10.6. The number of pyridine rings is 2. The molecule has 0 amide bonds. The Morgan fingerprint density at radius 1 is 0.610 bits per heavy atom. The summed E-state index contributed by atoms with van der Waals surface area (Å²) in [7, 11) is 4.89. The van der Waals surface area contributed by atoms with E-state index in [1.165, 1.54) is 77.1 Å². The number of hydrogen-bond acceptors (Lipinski definition) is 14. The third-order valence-electron chi connectivity index (χ3n) is 8.78. The maximum Gasteiger partial charge on any atom is 0.491 e. The number of benzene rings is 2. The van der Waals surface area contributed by atoms with Crippen LogP contribution in [0, 0.1) is 0 Å². The van der Waals surface area contributed by atoms with Crippen molar-refractivity contribution in [3.63, 3.8) is 0 Å². The lowest BCUT2D eigenvalue weighted by molar-refractivity contribution is -0.269. The molecule has 0 saturated carbocycles. The largest absolute Gasteiger partial charge is 0.496 e. The van der Waals surface area contributed by atoms with Gasteiger partial charge in [0.15, 0.2) is 0 Å². The summed E-state index contributed by atoms with van der Waals surface area (Å²) in [5.74, 6) is -13.0. The molecule has 59 heavy (non-hydrogen) atoms. The average molecular weight is 839 g/mol. The van der Waals surface area contributed by atoms with Gasteiger partial charge in [-0.2, -0.15) is 26.3 Å². The molecule has 314 valence electrons. The summed E-state index contributed by atoms with van der Waals surface area (Å²) in [5.41, 5.74) is 0.623. The normalized spacial score (nSPS) is 14.1. The highest BCUT2D eigenvalue weighted by atomic mass is 19.4. The summed E-state index contributed by atoms with van der Waals surface area (Å²) < 4.78 is 113. The summed E-state index contributed by atoms with van der Waals surface area (Å²) >= 11 is 0. The number of ether oxygens (including phenoxy) is 6. The molecule has 3 heterocycles. The lowest BCUT2D eigenvalue weighted by Crippen LogP contribution is -2.62. The van der Waals surface area contributed by atoms with Gasteiger partial charge in [0.1, 0.15) is 52.3 Å². The second-order valence-corrected chi connectivity index (χ2v) is 12.3. The average Bonchev–Trinajstić information content (AvgIpc) is 3.38. The summed E-state index contributed by atoms with van der Waals surface area (Å²) in [6.07, 6.45) is -9.25. The van der Waals surface area contributed by atoms with Crippen molar-refractivity contribution in [3.05, 3.63) is 72.1 Å². The number of methoxy groups -OCH3 is 4. The van der Waals surface area contributed by atoms with E-state index in [1.807, 2.05) is 0 Å². The van der Waals surface area contributed by atoms with Crippen molar-refractivity contribution in [2.45, 2.75) is 24.7 Å². The molecule has 2 aromatic carbocycles. The van der Waals surface area contributed by atoms with Crippen LogP contribution in [-0.2, 0) is 19.1 Å². The lowest BCUT2D eigenvalue weighted by atomic mass is 10.0. The number of carboxylic acids is 2. The third kappa shape index (κ3) is 9.10. The fraction of sp³-hybridized carbons (Fsp3) is 0.297. The molecule has 0 radical (unpaired) electrons. The van der Waals surface area contributed by atoms with Crippen molar-refractivity contribution in [1.82, 2.24) is 9.97 Å². The van der Waals surface area contributed by atoms with Crippen molar-refractivity contribution >= 4 is 35.5 Å². The lowest BCUT2D eigenvalue weighted by Gasteiger charge is -2.42. The van der Waals surface area contributed by atoms with E-state index in [0.717, 1.165) is 17.2 Å². The second kappa shape index (κ2) is 16.8. The van der Waals surface area contributed by atoms with Gasteiger partial charge in [-0.05, 0) is 66.1 Å². The van der Waals surface area contributed by atoms with Crippen LogP contribution in [0.2, 0.25) is 0 Å². The maximum atomic E-state index is 13.8. The van der Waals surface area contributed by atoms with Gasteiger partial charge >= 0.3 is 42.1 Å². The Morgan fingerprint density at radius 3 is 1.32 bits per heavy atom. The molecule has 1 saturated heterocycles. The summed E-state index contributed by atoms with van der Waals surface area (Å²) in [6.45, 7) is -1.81. The molecule has 0 atom stereocenters. The number of esters is 2. The number of carbonyl (C=O) groups excluding carboxylic acids is 2. The number of nitrogens with zero attached hydrogens (tertiary/aromatic N) is 4. The molecule has 0 bridgehead atoms. The number of aromatic nitrogens is 2. The third-order valence-corrected chi connectivity index (χ3v) is 8.78. The Bertz CT molecular complexity index is 2160. The zero-order chi connectivity index (χ0) is 43.4. The minimum absolute atomic E-state index is 0.0662. The van der Waals surface area contributed by atoms with Crippen LogP contribution >= 0.6 is 0 Å². The molecule has 0 spiro atoms. The number of anilines is 2. The summed E-state index contributed by atoms with van der Waals surface area (Å²) in [4.78, 5) is 58.9. The molecule has 1 aliphatic rings. The van der Waals surface area contributed by atoms with Crippen molar-refractivity contribution in [1.29, 1.82) is 0 Å². The molecule has 0 unspecified atom stereocenters. The van der Waals surface area contributed by atoms with E-state index >= 15 is 0 Å². The highest BCUT2D eigenvalue weighted by molar-refractivity contribution is 5.96. The number of alkyl halides is 6. The van der Waals surface area contributed by atoms with E-state index in [9.17, 15) is 55.7 Å². The van der Waals surface area contributed by atoms with Crippen LogP contribution in [-0.4, -0.2) is 110 Å². The first-order valence-corrected chi connectivity index (χ1v) is 16.8. The number of carboxylic acid groups (broad SMARTS) is 2. The van der Waals surface area contributed by atoms with Crippen molar-refractivity contribution in [2.24, 2.45) is 0 Å². The molecule has 16 nitrogen and oxygen atoms in total. The predicted molar refractivity (Wildman–Crippen MR) is 191 cm³/mol. The number of rotatable bonds is 12. The van der Waals surface area contributed by atoms with Crippen LogP contribution in [0.4, 0.5) is 38.0 Å². The van der Waals surface area contributed by atoms with Crippen LogP contribution in [0.3, 0.4) is 0 Å². The first-order chi connectivity index (χ1) is 27.8. The fourth-order valence-electron chi connectivity index (χ4n) is 6.12. The number of carbonyl (C=O) groups is 4. The Kier molecular flexibility index (Phi) is 12.3. The van der Waals surface area contributed by atoms with E-state index in [1.54, 1.807) is 0 Å². The van der Waals surface area contributed by atoms with Gasteiger partial charge in [0.05, 0.1) is 28.4 Å². The molecule has 1 aliphatic heterocycles. The van der Waals surface area contributed by atoms with E-state index in [-0.39, 0.29) is 64.0 Å². The highest BCUT2D eigenvalue weighted by Crippen LogP contribution is 2.39. The quantitative estimate of drug-likeness (QED) is 0.0983. The zero-order valence-electron chi connectivity index (χ0n) is 31.1. The minimum atomic E-state index is -5.78. The van der Waals surface area contributed by atoms with Crippen molar-refractivity contribution in [3.8, 4) is 45.3 Å². The maximum absolute atomic E-state index is 13.8. The molecule has 2 N–H and O–H groups in total. The topological polar surface area (TPSA) is 196 Å². The Labute approximate surface area is 329 Å². The Hall–Kier alpha value is -7.00. The van der Waals surface area contributed by atoms with Crippen LogP contribution in [0.1, 0.15) is 27.1 Å². The smallest absolute Gasteiger partial charge is 0.491 e. The van der Waals surface area contributed by atoms with E-state index in [2.05, 4.69) is 9.97 Å². The van der Waals surface area contributed by atoms with Gasteiger partial charge in [-0.25, -0.2) is 29.1 Å². The Morgan fingerprint density at radius 2 is 1.00 bits per heavy atom. The molecule has 5 rings (SSSR count). The number of aromatic carboxylic acids is 2. The SMILES string of the molecule is COc1cc(-c2ccc(N3CCCN(c4ccc(-c5cc(OC)c(C(=O)O)c(OC)c5)cn4)C(OC(=O)C(F)(F)F)(OC(=O)C(F)(F)F)C3)nc2)cc(OC)c1C(=O)O. The van der Waals surface area contributed by atoms with Crippen molar-refractivity contribution < 1.29 is 84.2 Å². The molecule has 0 aliphatic carbocycles. The van der Waals surface area contributed by atoms with Crippen molar-refractivity contribution in [2.75, 3.05) is 57.9 Å². The van der Waals surface area contributed by atoms with Gasteiger partial charge in [0, 0.05) is 36.6 Å². The first-order valence-electron chi connectivity index (χ1n) is 16.8. The van der Waals surface area contributed by atoms with Crippen LogP contribution in [0.5, 0.6) is 23.0 Å². The van der Waals surface area contributed by atoms with Gasteiger partial charge in [0.25, 0.3) is 0 Å². The monoisotopic (exact) mass is 838 g/mol. The number of halogens is 6. The molecule has 4 aromatic rings. The van der Waals surface area contributed by atoms with Gasteiger partial charge in [-0.3, -0.25) is 4.90 Å². The number of hydrogen-bond donors (Lipinski definition) is 2. The standard InChI is InChI=1S/C37H32F6N4O12/c1-54-23-12-21(13-24(55-2)29(23)31(48)49)19-6-8-27(44-16-19)46-10-5-11-47(35(18-46,58-33(52)36(38,39)40)59-34(53)37(41,42)43)28-9-7-20(17-45-28)22-14-25(56-3)30(32(50)51)26(15-22)57-4/h6-9,12-17H,5,10-11,18H2,1-4H3,(H,48,49)(H,50,51). The van der Waals surface area contributed by atoms with Gasteiger partial charge in [0.2, 0.25) is 0 Å². The van der Waals surface area contributed by atoms with Gasteiger partial charge in [-0.1, -0.05) is 0 Å². The predicted octanol–water partition coefficient (Wildman–Crippen LogP) is 5.82. The van der Waals surface area contributed by atoms with Crippen LogP contribution < -0.4 is 28.7 Å². The molecular formula is C37H32F6N4O12. The summed E-state index contributed by atoms with van der Waals surface area (Å²) in [5, 5.41) is 19.3. The zero-order valence-corrected chi connectivity index (χ0v) is 31.1. The molecular weight excluding hydrogens is 806 g/mol. The molecule has 22 heteroatoms. The second-order valence-electron chi connectivity index (χ2n) is 12.3. The van der Waals surface area contributed by atoms with Crippen LogP contribution in [0.25, 0.3) is 22.3 Å². The van der Waals surface area contributed by atoms with Gasteiger partial charge < -0.3 is 43.5 Å².